The first-order valence-corrected chi connectivity index (χ1v) is 15.1. The molecule has 1 unspecified atom stereocenters. The lowest BCUT2D eigenvalue weighted by atomic mass is 9.88. The maximum atomic E-state index is 12.5. The second kappa shape index (κ2) is 15.0. The van der Waals surface area contributed by atoms with Crippen LogP contribution in [-0.2, 0) is 14.3 Å². The molecule has 0 radical (unpaired) electrons. The number of anilines is 1. The molecule has 0 aliphatic carbocycles. The number of amides is 1. The molecule has 3 heterocycles. The number of morpholine rings is 1. The lowest BCUT2D eigenvalue weighted by Crippen LogP contribution is -2.76. The van der Waals surface area contributed by atoms with Crippen molar-refractivity contribution in [1.29, 1.82) is 0 Å². The van der Waals surface area contributed by atoms with Gasteiger partial charge in [-0.25, -0.2) is 14.6 Å². The fraction of sp³-hybridized carbons (Fsp3) is 0.613. The standard InChI is InChI=1S/C29H41ClN4O5.C2H6/c1-19-17-22(21-8-11-34(12-9-21)28(35)39-29(3,4)5)18-23(32-36-6)26(19)38-20(2)25-24(7-10-31-27(25)30)33-13-15-37-16-14-33;1-2/h7,10,17-18,20-21,32H,8-9,11-16H2,1-6H3;1-2H3/p+1. The Morgan fingerprint density at radius 3 is 2.41 bits per heavy atom. The number of rotatable bonds is 7. The van der Waals surface area contributed by atoms with E-state index in [4.69, 9.17) is 30.6 Å². The smallest absolute Gasteiger partial charge is 0.410 e. The molecule has 1 aromatic heterocycles. The minimum Gasteiger partial charge on any atom is -0.479 e. The van der Waals surface area contributed by atoms with Gasteiger partial charge in [0.1, 0.15) is 16.9 Å². The number of pyridine rings is 1. The molecular formula is C31H48ClN4O5+. The number of carbonyl (C=O) groups excluding carboxylic acids is 1. The molecule has 10 heteroatoms. The van der Waals surface area contributed by atoms with Gasteiger partial charge < -0.3 is 24.0 Å². The Balaban J connectivity index is 0.00000226. The molecule has 9 nitrogen and oxygen atoms in total. The van der Waals surface area contributed by atoms with Crippen molar-refractivity contribution in [3.63, 3.8) is 0 Å². The molecular weight excluding hydrogens is 544 g/mol. The minimum atomic E-state index is -0.494. The topological polar surface area (TPSA) is 90.0 Å². The molecule has 2 aromatic rings. The lowest BCUT2D eigenvalue weighted by molar-refractivity contribution is -0.830. The monoisotopic (exact) mass is 591 g/mol. The van der Waals surface area contributed by atoms with Gasteiger partial charge in [0.15, 0.2) is 5.75 Å². The van der Waals surface area contributed by atoms with Gasteiger partial charge in [0.05, 0.1) is 25.9 Å². The van der Waals surface area contributed by atoms with Crippen molar-refractivity contribution in [1.82, 2.24) is 9.88 Å². The Bertz CT molecular complexity index is 1140. The van der Waals surface area contributed by atoms with Crippen LogP contribution >= 0.6 is 11.6 Å². The van der Waals surface area contributed by atoms with Gasteiger partial charge in [-0.3, -0.25) is 0 Å². The number of hydrogen-bond acceptors (Lipinski definition) is 7. The second-order valence-corrected chi connectivity index (χ2v) is 11.6. The summed E-state index contributed by atoms with van der Waals surface area (Å²) in [5.74, 6) is 1.09. The number of ether oxygens (including phenoxy) is 3. The molecule has 2 N–H and O–H groups in total. The van der Waals surface area contributed by atoms with E-state index in [0.29, 0.717) is 37.4 Å². The van der Waals surface area contributed by atoms with E-state index in [9.17, 15) is 4.79 Å². The fourth-order valence-electron chi connectivity index (χ4n) is 5.29. The maximum absolute atomic E-state index is 12.5. The highest BCUT2D eigenvalue weighted by Gasteiger charge is 2.30. The summed E-state index contributed by atoms with van der Waals surface area (Å²) in [6, 6.07) is 6.32. The van der Waals surface area contributed by atoms with Crippen LogP contribution in [0, 0.1) is 6.92 Å². The highest BCUT2D eigenvalue weighted by Crippen LogP contribution is 2.39. The van der Waals surface area contributed by atoms with Crippen LogP contribution in [0.25, 0.3) is 0 Å². The van der Waals surface area contributed by atoms with Crippen molar-refractivity contribution in [2.45, 2.75) is 78.9 Å². The number of nitrogens with zero attached hydrogens (tertiary/aromatic N) is 3. The van der Waals surface area contributed by atoms with Crippen molar-refractivity contribution < 1.29 is 29.3 Å². The van der Waals surface area contributed by atoms with Crippen LogP contribution in [0.15, 0.2) is 24.4 Å². The van der Waals surface area contributed by atoms with Crippen molar-refractivity contribution in [3.8, 4) is 5.75 Å². The molecule has 1 atom stereocenters. The number of aromatic nitrogens is 1. The first-order valence-electron chi connectivity index (χ1n) is 14.7. The Labute approximate surface area is 250 Å². The molecule has 0 saturated carbocycles. The number of likely N-dealkylation sites (tertiary alicyclic amines) is 1. The van der Waals surface area contributed by atoms with Crippen LogP contribution in [0.4, 0.5) is 16.2 Å². The van der Waals surface area contributed by atoms with E-state index in [0.717, 1.165) is 54.2 Å². The Hall–Kier alpha value is -2.59. The first kappa shape index (κ1) is 32.9. The average Bonchev–Trinajstić information content (AvgIpc) is 2.95. The van der Waals surface area contributed by atoms with E-state index in [1.165, 1.54) is 5.56 Å². The van der Waals surface area contributed by atoms with Crippen molar-refractivity contribution in [2.24, 2.45) is 0 Å². The molecule has 2 fully saturated rings. The molecule has 1 amide bonds. The predicted octanol–water partition coefficient (Wildman–Crippen LogP) is 5.92. The summed E-state index contributed by atoms with van der Waals surface area (Å²) in [6.07, 6.45) is 2.90. The molecule has 2 aliphatic rings. The number of aryl methyl sites for hydroxylation is 1. The Morgan fingerprint density at radius 1 is 1.15 bits per heavy atom. The lowest BCUT2D eigenvalue weighted by Gasteiger charge is -2.34. The van der Waals surface area contributed by atoms with E-state index >= 15 is 0 Å². The van der Waals surface area contributed by atoms with Gasteiger partial charge >= 0.3 is 6.09 Å². The Morgan fingerprint density at radius 2 is 1.80 bits per heavy atom. The van der Waals surface area contributed by atoms with Gasteiger partial charge in [-0.2, -0.15) is 5.48 Å². The quantitative estimate of drug-likeness (QED) is 0.243. The molecule has 4 rings (SSSR count). The van der Waals surface area contributed by atoms with Gasteiger partial charge in [-0.05, 0) is 70.6 Å². The summed E-state index contributed by atoms with van der Waals surface area (Å²) >= 11 is 6.63. The molecule has 2 saturated heterocycles. The van der Waals surface area contributed by atoms with Gasteiger partial charge in [0, 0.05) is 44.1 Å². The summed E-state index contributed by atoms with van der Waals surface area (Å²) in [7, 11) is 1.64. The fourth-order valence-corrected chi connectivity index (χ4v) is 5.60. The van der Waals surface area contributed by atoms with Crippen LogP contribution < -0.4 is 15.1 Å². The highest BCUT2D eigenvalue weighted by molar-refractivity contribution is 6.30. The normalized spacial score (nSPS) is 17.0. The summed E-state index contributed by atoms with van der Waals surface area (Å²) in [4.78, 5) is 26.4. The SMILES string of the molecule is CC.CO[NH2+]c1cc(C2CCN(C(=O)OC(C)(C)C)CC2)cc(C)c1OC(C)c1c(N2CCOCC2)ccnc1Cl. The number of benzene rings is 1. The first-order chi connectivity index (χ1) is 19.6. The highest BCUT2D eigenvalue weighted by atomic mass is 35.5. The van der Waals surface area contributed by atoms with Crippen LogP contribution in [0.1, 0.15) is 83.1 Å². The van der Waals surface area contributed by atoms with Gasteiger partial charge in [0.2, 0.25) is 5.69 Å². The third-order valence-electron chi connectivity index (χ3n) is 7.16. The Kier molecular flexibility index (Phi) is 12.1. The van der Waals surface area contributed by atoms with E-state index in [1.54, 1.807) is 23.7 Å². The largest absolute Gasteiger partial charge is 0.479 e. The van der Waals surface area contributed by atoms with E-state index in [-0.39, 0.29) is 12.2 Å². The average molecular weight is 592 g/mol. The summed E-state index contributed by atoms with van der Waals surface area (Å²) < 4.78 is 17.7. The number of piperidine rings is 1. The van der Waals surface area contributed by atoms with Crippen LogP contribution in [-0.4, -0.2) is 68.1 Å². The summed E-state index contributed by atoms with van der Waals surface area (Å²) in [6.45, 7) is 18.0. The van der Waals surface area contributed by atoms with Crippen molar-refractivity contribution in [2.75, 3.05) is 51.4 Å². The van der Waals surface area contributed by atoms with E-state index in [1.807, 2.05) is 47.6 Å². The number of nitrogens with two attached hydrogens (primary N) is 1. The third kappa shape index (κ3) is 8.70. The molecule has 228 valence electrons. The number of carbonyl (C=O) groups is 1. The van der Waals surface area contributed by atoms with Crippen molar-refractivity contribution >= 4 is 29.1 Å². The van der Waals surface area contributed by atoms with Crippen LogP contribution in [0.5, 0.6) is 5.75 Å². The van der Waals surface area contributed by atoms with Crippen LogP contribution in [0.2, 0.25) is 5.15 Å². The molecule has 1 aromatic carbocycles. The number of hydrogen-bond donors (Lipinski definition) is 1. The third-order valence-corrected chi connectivity index (χ3v) is 7.46. The molecule has 0 spiro atoms. The maximum Gasteiger partial charge on any atom is 0.410 e. The zero-order chi connectivity index (χ0) is 30.2. The minimum absolute atomic E-state index is 0.242. The second-order valence-electron chi connectivity index (χ2n) is 11.2. The van der Waals surface area contributed by atoms with Crippen molar-refractivity contribution in [3.05, 3.63) is 46.2 Å². The zero-order valence-corrected chi connectivity index (χ0v) is 26.7. The van der Waals surface area contributed by atoms with Gasteiger partial charge in [-0.15, -0.1) is 0 Å². The zero-order valence-electron chi connectivity index (χ0n) is 26.0. The van der Waals surface area contributed by atoms with E-state index < -0.39 is 5.60 Å². The van der Waals surface area contributed by atoms with Crippen LogP contribution in [0.3, 0.4) is 0 Å². The molecule has 41 heavy (non-hydrogen) atoms. The summed E-state index contributed by atoms with van der Waals surface area (Å²) in [5, 5.41) is 0.440. The van der Waals surface area contributed by atoms with Gasteiger partial charge in [0.25, 0.3) is 0 Å². The molecule has 2 aliphatic heterocycles. The number of quaternary nitrogens is 1. The predicted molar refractivity (Wildman–Crippen MR) is 162 cm³/mol. The molecule has 0 bridgehead atoms. The summed E-state index contributed by atoms with van der Waals surface area (Å²) in [5.41, 5.74) is 6.23. The van der Waals surface area contributed by atoms with E-state index in [2.05, 4.69) is 28.9 Å². The number of halogens is 1. The van der Waals surface area contributed by atoms with Gasteiger partial charge in [-0.1, -0.05) is 31.5 Å².